The summed E-state index contributed by atoms with van der Waals surface area (Å²) in [6, 6.07) is 20.3. The van der Waals surface area contributed by atoms with E-state index in [0.29, 0.717) is 37.3 Å². The number of hydrogen-bond acceptors (Lipinski definition) is 3. The van der Waals surface area contributed by atoms with Gasteiger partial charge in [0, 0.05) is 24.4 Å². The highest BCUT2D eigenvalue weighted by Crippen LogP contribution is 2.29. The maximum atomic E-state index is 13.1. The van der Waals surface area contributed by atoms with Crippen LogP contribution >= 0.6 is 0 Å². The van der Waals surface area contributed by atoms with Gasteiger partial charge in [0.15, 0.2) is 0 Å². The molecule has 0 radical (unpaired) electrons. The molecule has 1 aromatic heterocycles. The van der Waals surface area contributed by atoms with Crippen LogP contribution in [0.4, 0.5) is 0 Å². The lowest BCUT2D eigenvalue weighted by Gasteiger charge is -2.29. The molecule has 1 aliphatic rings. The van der Waals surface area contributed by atoms with E-state index < -0.39 is 0 Å². The Kier molecular flexibility index (Phi) is 5.06. The summed E-state index contributed by atoms with van der Waals surface area (Å²) in [5.74, 6) is 0.678. The van der Waals surface area contributed by atoms with Crippen LogP contribution in [0.15, 0.2) is 65.5 Å². The second kappa shape index (κ2) is 7.80. The highest BCUT2D eigenvalue weighted by molar-refractivity contribution is 5.78. The monoisotopic (exact) mass is 373 g/mol. The maximum absolute atomic E-state index is 13.1. The number of nitrogens with one attached hydrogen (secondary N) is 1. The van der Waals surface area contributed by atoms with Gasteiger partial charge in [0.25, 0.3) is 5.56 Å². The number of aromatic nitrogens is 2. The normalized spacial score (nSPS) is 13.4. The Morgan fingerprint density at radius 2 is 1.68 bits per heavy atom. The van der Waals surface area contributed by atoms with Crippen molar-refractivity contribution in [2.24, 2.45) is 0 Å². The van der Waals surface area contributed by atoms with Crippen LogP contribution in [0.2, 0.25) is 0 Å². The number of aromatic amines is 1. The van der Waals surface area contributed by atoms with Crippen molar-refractivity contribution in [3.05, 3.63) is 99.2 Å². The number of rotatable bonds is 4. The van der Waals surface area contributed by atoms with E-state index in [9.17, 15) is 9.59 Å². The molecule has 5 nitrogen and oxygen atoms in total. The molecule has 0 saturated heterocycles. The third kappa shape index (κ3) is 3.74. The highest BCUT2D eigenvalue weighted by Gasteiger charge is 2.27. The SMILES string of the molecule is Cc1nc2c(c(=O)[nH]1)CCN(C(=O)CC(c1ccccc1)c1ccccc1)C2. The van der Waals surface area contributed by atoms with Crippen LogP contribution < -0.4 is 5.56 Å². The van der Waals surface area contributed by atoms with E-state index in [1.54, 1.807) is 6.92 Å². The van der Waals surface area contributed by atoms with Gasteiger partial charge in [-0.1, -0.05) is 60.7 Å². The molecule has 0 unspecified atom stereocenters. The van der Waals surface area contributed by atoms with Crippen molar-refractivity contribution in [2.45, 2.75) is 32.2 Å². The van der Waals surface area contributed by atoms with Crippen molar-refractivity contribution in [2.75, 3.05) is 6.54 Å². The Morgan fingerprint density at radius 1 is 1.07 bits per heavy atom. The van der Waals surface area contributed by atoms with Gasteiger partial charge < -0.3 is 9.88 Å². The van der Waals surface area contributed by atoms with Crippen LogP contribution in [0.25, 0.3) is 0 Å². The number of carbonyl (C=O) groups excluding carboxylic acids is 1. The number of fused-ring (bicyclic) bond motifs is 1. The van der Waals surface area contributed by atoms with Crippen LogP contribution in [0.3, 0.4) is 0 Å². The molecular formula is C23H23N3O2. The van der Waals surface area contributed by atoms with E-state index in [2.05, 4.69) is 34.2 Å². The molecule has 0 atom stereocenters. The van der Waals surface area contributed by atoms with Gasteiger partial charge in [-0.3, -0.25) is 9.59 Å². The fraction of sp³-hybridized carbons (Fsp3) is 0.261. The van der Waals surface area contributed by atoms with E-state index in [0.717, 1.165) is 16.8 Å². The molecular weight excluding hydrogens is 350 g/mol. The first-order valence-electron chi connectivity index (χ1n) is 9.58. The molecule has 1 aliphatic heterocycles. The van der Waals surface area contributed by atoms with Gasteiger partial charge in [-0.05, 0) is 24.5 Å². The number of carbonyl (C=O) groups is 1. The molecule has 1 N–H and O–H groups in total. The molecule has 0 aliphatic carbocycles. The Morgan fingerprint density at radius 3 is 2.29 bits per heavy atom. The molecule has 0 saturated carbocycles. The second-order valence-corrected chi connectivity index (χ2v) is 7.22. The lowest BCUT2D eigenvalue weighted by molar-refractivity contribution is -0.132. The van der Waals surface area contributed by atoms with Crippen molar-refractivity contribution in [3.8, 4) is 0 Å². The lowest BCUT2D eigenvalue weighted by Crippen LogP contribution is -2.39. The molecule has 28 heavy (non-hydrogen) atoms. The first-order chi connectivity index (χ1) is 13.6. The summed E-state index contributed by atoms with van der Waals surface area (Å²) in [6.45, 7) is 2.72. The predicted octanol–water partition coefficient (Wildman–Crippen LogP) is 3.19. The van der Waals surface area contributed by atoms with Gasteiger partial charge >= 0.3 is 0 Å². The van der Waals surface area contributed by atoms with E-state index >= 15 is 0 Å². The lowest BCUT2D eigenvalue weighted by atomic mass is 9.88. The van der Waals surface area contributed by atoms with E-state index in [4.69, 9.17) is 0 Å². The second-order valence-electron chi connectivity index (χ2n) is 7.22. The summed E-state index contributed by atoms with van der Waals surface area (Å²) in [7, 11) is 0. The molecule has 142 valence electrons. The Hall–Kier alpha value is -3.21. The standard InChI is InChI=1S/C23H23N3O2/c1-16-24-21-15-26(13-12-19(21)23(28)25-16)22(27)14-20(17-8-4-2-5-9-17)18-10-6-3-7-11-18/h2-11,20H,12-15H2,1H3,(H,24,25,28). The molecule has 5 heteroatoms. The topological polar surface area (TPSA) is 66.1 Å². The van der Waals surface area contributed by atoms with Gasteiger partial charge in [-0.15, -0.1) is 0 Å². The molecule has 1 amide bonds. The zero-order chi connectivity index (χ0) is 19.5. The number of aryl methyl sites for hydroxylation is 1. The fourth-order valence-corrected chi connectivity index (χ4v) is 3.88. The van der Waals surface area contributed by atoms with Crippen molar-refractivity contribution in [3.63, 3.8) is 0 Å². The summed E-state index contributed by atoms with van der Waals surface area (Å²) >= 11 is 0. The molecule has 2 heterocycles. The minimum Gasteiger partial charge on any atom is -0.336 e. The van der Waals surface area contributed by atoms with Gasteiger partial charge in [0.1, 0.15) is 5.82 Å². The van der Waals surface area contributed by atoms with Crippen molar-refractivity contribution >= 4 is 5.91 Å². The average molecular weight is 373 g/mol. The molecule has 0 spiro atoms. The highest BCUT2D eigenvalue weighted by atomic mass is 16.2. The average Bonchev–Trinajstić information content (AvgIpc) is 2.72. The Balaban J connectivity index is 1.58. The minimum atomic E-state index is -0.0824. The number of H-pyrrole nitrogens is 1. The molecule has 3 aromatic rings. The molecule has 4 rings (SSSR count). The Labute approximate surface area is 164 Å². The molecule has 0 fully saturated rings. The van der Waals surface area contributed by atoms with Crippen molar-refractivity contribution in [1.82, 2.24) is 14.9 Å². The fourth-order valence-electron chi connectivity index (χ4n) is 3.88. The van der Waals surface area contributed by atoms with Crippen LogP contribution in [0.5, 0.6) is 0 Å². The summed E-state index contributed by atoms with van der Waals surface area (Å²) in [5.41, 5.74) is 3.60. The van der Waals surface area contributed by atoms with Crippen molar-refractivity contribution < 1.29 is 4.79 Å². The third-order valence-corrected chi connectivity index (χ3v) is 5.33. The first kappa shape index (κ1) is 18.2. The number of nitrogens with zero attached hydrogens (tertiary/aromatic N) is 2. The summed E-state index contributed by atoms with van der Waals surface area (Å²) in [4.78, 5) is 34.3. The van der Waals surface area contributed by atoms with Gasteiger partial charge in [-0.25, -0.2) is 4.98 Å². The van der Waals surface area contributed by atoms with Gasteiger partial charge in [-0.2, -0.15) is 0 Å². The Bertz CT molecular complexity index is 989. The van der Waals surface area contributed by atoms with Crippen molar-refractivity contribution in [1.29, 1.82) is 0 Å². The third-order valence-electron chi connectivity index (χ3n) is 5.33. The zero-order valence-corrected chi connectivity index (χ0v) is 15.9. The minimum absolute atomic E-state index is 0.00479. The largest absolute Gasteiger partial charge is 0.336 e. The van der Waals surface area contributed by atoms with Crippen LogP contribution in [0.1, 0.15) is 40.5 Å². The van der Waals surface area contributed by atoms with Crippen LogP contribution in [-0.4, -0.2) is 27.3 Å². The van der Waals surface area contributed by atoms with E-state index in [-0.39, 0.29) is 17.4 Å². The quantitative estimate of drug-likeness (QED) is 0.764. The summed E-state index contributed by atoms with van der Waals surface area (Å²) in [5, 5.41) is 0. The molecule has 2 aromatic carbocycles. The number of amides is 1. The van der Waals surface area contributed by atoms with Crippen LogP contribution in [0, 0.1) is 6.92 Å². The predicted molar refractivity (Wildman–Crippen MR) is 108 cm³/mol. The smallest absolute Gasteiger partial charge is 0.254 e. The van der Waals surface area contributed by atoms with Gasteiger partial charge in [0.2, 0.25) is 5.91 Å². The first-order valence-corrected chi connectivity index (χ1v) is 9.58. The van der Waals surface area contributed by atoms with E-state index in [1.165, 1.54) is 0 Å². The molecule has 0 bridgehead atoms. The number of benzene rings is 2. The number of hydrogen-bond donors (Lipinski definition) is 1. The zero-order valence-electron chi connectivity index (χ0n) is 15.9. The van der Waals surface area contributed by atoms with E-state index in [1.807, 2.05) is 41.3 Å². The summed E-state index contributed by atoms with van der Waals surface area (Å²) in [6.07, 6.45) is 0.941. The summed E-state index contributed by atoms with van der Waals surface area (Å²) < 4.78 is 0. The maximum Gasteiger partial charge on any atom is 0.254 e. The van der Waals surface area contributed by atoms with Crippen LogP contribution in [-0.2, 0) is 17.8 Å². The van der Waals surface area contributed by atoms with Gasteiger partial charge in [0.05, 0.1) is 12.2 Å².